The number of hydrogen-bond acceptors (Lipinski definition) is 5. The van der Waals surface area contributed by atoms with Crippen molar-refractivity contribution < 1.29 is 37.8 Å². The molecular weight excluding hydrogens is 571 g/mol. The van der Waals surface area contributed by atoms with Gasteiger partial charge in [-0.25, -0.2) is 0 Å². The van der Waals surface area contributed by atoms with Crippen LogP contribution in [-0.2, 0) is 27.0 Å². The summed E-state index contributed by atoms with van der Waals surface area (Å²) in [5.74, 6) is -2.13. The fourth-order valence-electron chi connectivity index (χ4n) is 4.79. The molecule has 2 atom stereocenters. The molecule has 2 heterocycles. The van der Waals surface area contributed by atoms with Crippen molar-refractivity contribution in [2.45, 2.75) is 57.9 Å². The Balaban J connectivity index is 0.000000221. The molecule has 206 valence electrons. The first-order valence-electron chi connectivity index (χ1n) is 11.9. The van der Waals surface area contributed by atoms with Gasteiger partial charge in [-0.1, -0.05) is 35.8 Å². The molecule has 2 aromatic carbocycles. The highest BCUT2D eigenvalue weighted by Gasteiger charge is 2.52. The van der Waals surface area contributed by atoms with E-state index in [0.717, 1.165) is 34.5 Å². The van der Waals surface area contributed by atoms with Crippen LogP contribution in [0.25, 0.3) is 0 Å². The molecule has 3 amide bonds. The average Bonchev–Trinajstić information content (AvgIpc) is 3.14. The minimum absolute atomic E-state index is 0.125. The van der Waals surface area contributed by atoms with Gasteiger partial charge >= 0.3 is 6.18 Å². The zero-order chi connectivity index (χ0) is 28.8. The SMILES string of the molecule is CCCN1C(=O)C(C)(O)c2c(Br)cccc21.CCCN1C(=O)C(C)(O)c2c1cc(C(N)=O)cc2C(F)(F)F. The average molecular weight is 600 g/mol. The zero-order valence-corrected chi connectivity index (χ0v) is 22.9. The van der Waals surface area contributed by atoms with Crippen molar-refractivity contribution in [3.63, 3.8) is 0 Å². The molecule has 2 aliphatic heterocycles. The predicted octanol–water partition coefficient (Wildman–Crippen LogP) is 4.18. The van der Waals surface area contributed by atoms with Gasteiger partial charge in [-0.15, -0.1) is 0 Å². The van der Waals surface area contributed by atoms with E-state index >= 15 is 0 Å². The lowest BCUT2D eigenvalue weighted by Crippen LogP contribution is -2.38. The Hall–Kier alpha value is -2.96. The maximum Gasteiger partial charge on any atom is 0.416 e. The second-order valence-corrected chi connectivity index (χ2v) is 10.3. The minimum Gasteiger partial charge on any atom is -0.375 e. The number of carbonyl (C=O) groups is 3. The smallest absolute Gasteiger partial charge is 0.375 e. The van der Waals surface area contributed by atoms with Crippen molar-refractivity contribution in [1.29, 1.82) is 0 Å². The topological polar surface area (TPSA) is 124 Å². The molecule has 38 heavy (non-hydrogen) atoms. The van der Waals surface area contributed by atoms with Gasteiger partial charge < -0.3 is 25.7 Å². The first-order valence-corrected chi connectivity index (χ1v) is 12.7. The first-order chi connectivity index (χ1) is 17.5. The van der Waals surface area contributed by atoms with Crippen LogP contribution >= 0.6 is 15.9 Å². The van der Waals surface area contributed by atoms with Crippen molar-refractivity contribution in [3.05, 3.63) is 57.1 Å². The number of amides is 3. The lowest BCUT2D eigenvalue weighted by atomic mass is 9.91. The molecule has 12 heteroatoms. The quantitative estimate of drug-likeness (QED) is 0.475. The third-order valence-corrected chi connectivity index (χ3v) is 7.13. The summed E-state index contributed by atoms with van der Waals surface area (Å²) < 4.78 is 40.6. The Morgan fingerprint density at radius 1 is 0.947 bits per heavy atom. The van der Waals surface area contributed by atoms with Crippen LogP contribution in [0.5, 0.6) is 0 Å². The Bertz CT molecular complexity index is 1290. The lowest BCUT2D eigenvalue weighted by Gasteiger charge is -2.20. The molecule has 2 aliphatic rings. The maximum atomic E-state index is 13.3. The lowest BCUT2D eigenvalue weighted by molar-refractivity contribution is -0.143. The summed E-state index contributed by atoms with van der Waals surface area (Å²) in [4.78, 5) is 38.3. The van der Waals surface area contributed by atoms with E-state index in [-0.39, 0.29) is 23.7 Å². The molecule has 0 bridgehead atoms. The molecule has 0 spiro atoms. The normalized spacial score (nSPS) is 22.3. The number of nitrogens with zero attached hydrogens (tertiary/aromatic N) is 2. The Morgan fingerprint density at radius 2 is 1.45 bits per heavy atom. The van der Waals surface area contributed by atoms with Gasteiger partial charge in [0.25, 0.3) is 11.8 Å². The van der Waals surface area contributed by atoms with Gasteiger partial charge in [0.15, 0.2) is 11.2 Å². The van der Waals surface area contributed by atoms with Crippen LogP contribution in [-0.4, -0.2) is 41.0 Å². The van der Waals surface area contributed by atoms with Gasteiger partial charge in [0.05, 0.1) is 16.9 Å². The van der Waals surface area contributed by atoms with E-state index in [4.69, 9.17) is 5.73 Å². The number of primary amides is 1. The van der Waals surface area contributed by atoms with Gasteiger partial charge in [-0.2, -0.15) is 13.2 Å². The van der Waals surface area contributed by atoms with Gasteiger partial charge in [0.2, 0.25) is 5.91 Å². The summed E-state index contributed by atoms with van der Waals surface area (Å²) in [6.45, 7) is 7.08. The van der Waals surface area contributed by atoms with Crippen molar-refractivity contribution in [3.8, 4) is 0 Å². The first kappa shape index (κ1) is 29.6. The second kappa shape index (κ2) is 10.3. The van der Waals surface area contributed by atoms with Gasteiger partial charge in [-0.3, -0.25) is 14.4 Å². The van der Waals surface area contributed by atoms with Crippen LogP contribution < -0.4 is 15.5 Å². The van der Waals surface area contributed by atoms with Crippen LogP contribution in [0.1, 0.15) is 67.6 Å². The molecule has 0 aliphatic carbocycles. The Kier molecular flexibility index (Phi) is 8.03. The largest absolute Gasteiger partial charge is 0.416 e. The van der Waals surface area contributed by atoms with Crippen molar-refractivity contribution in [2.24, 2.45) is 5.73 Å². The number of nitrogens with two attached hydrogens (primary N) is 1. The van der Waals surface area contributed by atoms with E-state index < -0.39 is 40.3 Å². The summed E-state index contributed by atoms with van der Waals surface area (Å²) in [5, 5.41) is 20.6. The van der Waals surface area contributed by atoms with Gasteiger partial charge in [-0.05, 0) is 51.0 Å². The van der Waals surface area contributed by atoms with E-state index in [1.54, 1.807) is 18.7 Å². The highest BCUT2D eigenvalue weighted by Crippen LogP contribution is 2.48. The van der Waals surface area contributed by atoms with Gasteiger partial charge in [0, 0.05) is 34.3 Å². The zero-order valence-electron chi connectivity index (χ0n) is 21.3. The van der Waals surface area contributed by atoms with E-state index in [0.29, 0.717) is 24.6 Å². The van der Waals surface area contributed by atoms with Gasteiger partial charge in [0.1, 0.15) is 0 Å². The van der Waals surface area contributed by atoms with E-state index in [9.17, 15) is 37.8 Å². The standard InChI is InChI=1S/C14H15F3N2O3.C12H14BrNO2/c1-3-4-19-9-6-7(11(18)20)5-8(14(15,16)17)10(9)13(2,22)12(19)21;1-3-7-14-9-6-4-5-8(13)10(9)12(2,16)11(14)15/h5-6,22H,3-4H2,1-2H3,(H2,18,20);4-6,16H,3,7H2,1-2H3. The molecule has 2 aromatic rings. The fraction of sp³-hybridized carbons (Fsp3) is 0.423. The van der Waals surface area contributed by atoms with Crippen molar-refractivity contribution in [2.75, 3.05) is 22.9 Å². The predicted molar refractivity (Wildman–Crippen MR) is 139 cm³/mol. The Labute approximate surface area is 226 Å². The van der Waals surface area contributed by atoms with Crippen LogP contribution in [0.15, 0.2) is 34.8 Å². The van der Waals surface area contributed by atoms with E-state index in [1.807, 2.05) is 25.1 Å². The number of fused-ring (bicyclic) bond motifs is 2. The molecule has 0 fully saturated rings. The Morgan fingerprint density at radius 3 is 1.92 bits per heavy atom. The number of aliphatic hydroxyl groups is 2. The molecule has 0 saturated heterocycles. The number of benzene rings is 2. The summed E-state index contributed by atoms with van der Waals surface area (Å²) in [7, 11) is 0. The molecule has 8 nitrogen and oxygen atoms in total. The fourth-order valence-corrected chi connectivity index (χ4v) is 5.53. The van der Waals surface area contributed by atoms with E-state index in [2.05, 4.69) is 15.9 Å². The summed E-state index contributed by atoms with van der Waals surface area (Å²) in [5.41, 5.74) is 0.591. The number of carbonyl (C=O) groups excluding carboxylic acids is 3. The third kappa shape index (κ3) is 4.92. The third-order valence-electron chi connectivity index (χ3n) is 6.47. The molecule has 2 unspecified atom stereocenters. The van der Waals surface area contributed by atoms with Crippen LogP contribution in [0, 0.1) is 0 Å². The monoisotopic (exact) mass is 599 g/mol. The number of alkyl halides is 3. The van der Waals surface area contributed by atoms with E-state index in [1.165, 1.54) is 0 Å². The minimum atomic E-state index is -4.83. The summed E-state index contributed by atoms with van der Waals surface area (Å²) in [6.07, 6.45) is -3.49. The van der Waals surface area contributed by atoms with Crippen molar-refractivity contribution in [1.82, 2.24) is 0 Å². The number of hydrogen-bond donors (Lipinski definition) is 3. The van der Waals surface area contributed by atoms with Crippen molar-refractivity contribution >= 4 is 45.0 Å². The molecular formula is C26H29BrF3N3O5. The van der Waals surface area contributed by atoms with Crippen LogP contribution in [0.3, 0.4) is 0 Å². The van der Waals surface area contributed by atoms with Crippen LogP contribution in [0.4, 0.5) is 24.5 Å². The summed E-state index contributed by atoms with van der Waals surface area (Å²) >= 11 is 3.39. The maximum absolute atomic E-state index is 13.3. The number of rotatable bonds is 5. The molecule has 0 radical (unpaired) electrons. The highest BCUT2D eigenvalue weighted by molar-refractivity contribution is 9.10. The van der Waals surface area contributed by atoms with Crippen LogP contribution in [0.2, 0.25) is 0 Å². The molecule has 0 saturated carbocycles. The number of anilines is 2. The summed E-state index contributed by atoms with van der Waals surface area (Å²) in [6, 6.07) is 7.27. The number of halogens is 4. The molecule has 0 aromatic heterocycles. The second-order valence-electron chi connectivity index (χ2n) is 9.47. The molecule has 4 N–H and O–H groups in total. The molecule has 4 rings (SSSR count). The highest BCUT2D eigenvalue weighted by atomic mass is 79.9.